The number of hydrogen-bond acceptors (Lipinski definition) is 8. The first kappa shape index (κ1) is 29.7. The first-order valence-electron chi connectivity index (χ1n) is 12.7. The van der Waals surface area contributed by atoms with E-state index in [0.717, 1.165) is 9.79 Å². The number of Topliss-reactive ketones (excluding diaryl/α,β-unsaturated/α-hetero) is 2. The number of carbonyl (C=O) groups is 2. The Balaban J connectivity index is 1.54. The van der Waals surface area contributed by atoms with Crippen molar-refractivity contribution in [1.29, 1.82) is 0 Å². The standard InChI is InChI=1S/C32H30O6S2/c33-27(20-22-11-4-1-5-12-22)29(35)31(37)32(38,40-25-16-8-3-9-17-25)30(36)28(34)21-23-13-10-18-26(19-23)39-24-14-6-2-7-15-24/h1-19,27-29,33-35,38H,20-21H2/t27?,28?,29-,32+/m1/s1. The molecule has 0 aliphatic carbocycles. The van der Waals surface area contributed by atoms with E-state index in [1.807, 2.05) is 42.5 Å². The quantitative estimate of drug-likeness (QED) is 0.106. The summed E-state index contributed by atoms with van der Waals surface area (Å²) in [7, 11) is 0. The van der Waals surface area contributed by atoms with Gasteiger partial charge < -0.3 is 20.4 Å². The summed E-state index contributed by atoms with van der Waals surface area (Å²) < 4.78 is 0. The van der Waals surface area contributed by atoms with Crippen LogP contribution in [-0.4, -0.2) is 55.2 Å². The predicted octanol–water partition coefficient (Wildman–Crippen LogP) is 4.32. The molecule has 0 heterocycles. The third-order valence-corrected chi connectivity index (χ3v) is 8.41. The van der Waals surface area contributed by atoms with Gasteiger partial charge in [0.05, 0.1) is 6.10 Å². The SMILES string of the molecule is O=C(C(O)Cc1cccc(Sc2ccccc2)c1)[C@](O)(Sc1ccccc1)C(=O)[C@H](O)C(O)Cc1ccccc1. The van der Waals surface area contributed by atoms with Crippen LogP contribution in [0.5, 0.6) is 0 Å². The predicted molar refractivity (Wildman–Crippen MR) is 156 cm³/mol. The molecule has 0 aromatic heterocycles. The van der Waals surface area contributed by atoms with E-state index in [2.05, 4.69) is 0 Å². The number of aliphatic hydroxyl groups excluding tert-OH is 3. The Labute approximate surface area is 241 Å². The van der Waals surface area contributed by atoms with Crippen LogP contribution < -0.4 is 0 Å². The highest BCUT2D eigenvalue weighted by Crippen LogP contribution is 2.36. The Bertz CT molecular complexity index is 1400. The lowest BCUT2D eigenvalue weighted by molar-refractivity contribution is -0.154. The number of aliphatic hydroxyl groups is 4. The van der Waals surface area contributed by atoms with Crippen LogP contribution in [-0.2, 0) is 22.4 Å². The van der Waals surface area contributed by atoms with Crippen molar-refractivity contribution in [3.8, 4) is 0 Å². The van der Waals surface area contributed by atoms with Crippen LogP contribution in [0.1, 0.15) is 11.1 Å². The summed E-state index contributed by atoms with van der Waals surface area (Å²) in [6.07, 6.45) is -5.61. The van der Waals surface area contributed by atoms with Crippen molar-refractivity contribution in [2.24, 2.45) is 0 Å². The third-order valence-electron chi connectivity index (χ3n) is 6.21. The minimum absolute atomic E-state index is 0.0670. The fourth-order valence-electron chi connectivity index (χ4n) is 4.13. The summed E-state index contributed by atoms with van der Waals surface area (Å²) >= 11 is 2.05. The van der Waals surface area contributed by atoms with Gasteiger partial charge in [-0.05, 0) is 47.5 Å². The maximum absolute atomic E-state index is 13.5. The van der Waals surface area contributed by atoms with Gasteiger partial charge >= 0.3 is 0 Å². The highest BCUT2D eigenvalue weighted by molar-refractivity contribution is 8.02. The van der Waals surface area contributed by atoms with Gasteiger partial charge in [0, 0.05) is 27.5 Å². The molecule has 0 radical (unpaired) electrons. The molecule has 4 aromatic rings. The molecule has 4 rings (SSSR count). The van der Waals surface area contributed by atoms with E-state index in [1.165, 1.54) is 11.8 Å². The number of rotatable bonds is 13. The molecule has 8 heteroatoms. The number of ketones is 2. The summed E-state index contributed by atoms with van der Waals surface area (Å²) in [5.74, 6) is -2.46. The zero-order valence-electron chi connectivity index (χ0n) is 21.5. The summed E-state index contributed by atoms with van der Waals surface area (Å²) in [6.45, 7) is 0. The Morgan fingerprint density at radius 2 is 1.15 bits per heavy atom. The molecule has 4 aromatic carbocycles. The topological polar surface area (TPSA) is 115 Å². The molecule has 0 fully saturated rings. The van der Waals surface area contributed by atoms with Gasteiger partial charge in [-0.15, -0.1) is 0 Å². The van der Waals surface area contributed by atoms with Crippen LogP contribution in [0.15, 0.2) is 130 Å². The molecule has 0 aliphatic rings. The molecule has 0 aliphatic heterocycles. The molecule has 2 unspecified atom stereocenters. The lowest BCUT2D eigenvalue weighted by atomic mass is 9.93. The van der Waals surface area contributed by atoms with Crippen LogP contribution in [0.3, 0.4) is 0 Å². The highest BCUT2D eigenvalue weighted by atomic mass is 32.2. The normalized spacial score (nSPS) is 15.0. The number of thioether (sulfide) groups is 1. The van der Waals surface area contributed by atoms with Gasteiger partial charge in [-0.25, -0.2) is 0 Å². The van der Waals surface area contributed by atoms with Crippen molar-refractivity contribution < 1.29 is 30.0 Å². The number of benzene rings is 4. The van der Waals surface area contributed by atoms with E-state index in [0.29, 0.717) is 27.8 Å². The summed E-state index contributed by atoms with van der Waals surface area (Å²) in [4.78, 5) is 26.4. The monoisotopic (exact) mass is 574 g/mol. The molecule has 4 N–H and O–H groups in total. The Hall–Kier alpha value is -3.24. The summed E-state index contributed by atoms with van der Waals surface area (Å²) in [6, 6.07) is 34.1. The van der Waals surface area contributed by atoms with Gasteiger partial charge in [-0.1, -0.05) is 102 Å². The van der Waals surface area contributed by atoms with Crippen molar-refractivity contribution in [2.75, 3.05) is 0 Å². The molecular formula is C32H30O6S2. The first-order valence-corrected chi connectivity index (χ1v) is 14.3. The second-order valence-corrected chi connectivity index (χ2v) is 11.7. The molecule has 0 bridgehead atoms. The molecule has 0 spiro atoms. The average molecular weight is 575 g/mol. The van der Waals surface area contributed by atoms with Gasteiger partial charge in [0.25, 0.3) is 0 Å². The molecule has 40 heavy (non-hydrogen) atoms. The largest absolute Gasteiger partial charge is 0.390 e. The number of carbonyl (C=O) groups excluding carboxylic acids is 2. The summed E-state index contributed by atoms with van der Waals surface area (Å²) in [5, 5.41) is 43.8. The smallest absolute Gasteiger partial charge is 0.238 e. The Kier molecular flexibility index (Phi) is 10.3. The van der Waals surface area contributed by atoms with E-state index >= 15 is 0 Å². The van der Waals surface area contributed by atoms with E-state index < -0.39 is 34.8 Å². The van der Waals surface area contributed by atoms with Gasteiger partial charge in [0.1, 0.15) is 12.2 Å². The maximum Gasteiger partial charge on any atom is 0.238 e. The molecule has 0 saturated carbocycles. The van der Waals surface area contributed by atoms with Crippen molar-refractivity contribution in [1.82, 2.24) is 0 Å². The third kappa shape index (κ3) is 7.69. The maximum atomic E-state index is 13.5. The lowest BCUT2D eigenvalue weighted by Crippen LogP contribution is -2.55. The molecule has 0 saturated heterocycles. The molecule has 4 atom stereocenters. The second-order valence-electron chi connectivity index (χ2n) is 9.27. The van der Waals surface area contributed by atoms with Crippen molar-refractivity contribution in [3.63, 3.8) is 0 Å². The molecule has 206 valence electrons. The average Bonchev–Trinajstić information content (AvgIpc) is 2.97. The summed E-state index contributed by atoms with van der Waals surface area (Å²) in [5.41, 5.74) is 1.30. The Morgan fingerprint density at radius 3 is 1.77 bits per heavy atom. The number of hydrogen-bond donors (Lipinski definition) is 4. The van der Waals surface area contributed by atoms with E-state index in [1.54, 1.807) is 72.8 Å². The zero-order chi connectivity index (χ0) is 28.5. The zero-order valence-corrected chi connectivity index (χ0v) is 23.2. The van der Waals surface area contributed by atoms with Gasteiger partial charge in [0.15, 0.2) is 0 Å². The van der Waals surface area contributed by atoms with Crippen LogP contribution >= 0.6 is 23.5 Å². The lowest BCUT2D eigenvalue weighted by Gasteiger charge is -2.30. The van der Waals surface area contributed by atoms with Crippen LogP contribution in [0.4, 0.5) is 0 Å². The molecule has 6 nitrogen and oxygen atoms in total. The Morgan fingerprint density at radius 1 is 0.625 bits per heavy atom. The minimum Gasteiger partial charge on any atom is -0.390 e. The minimum atomic E-state index is -2.84. The van der Waals surface area contributed by atoms with E-state index in [4.69, 9.17) is 0 Å². The molecular weight excluding hydrogens is 544 g/mol. The van der Waals surface area contributed by atoms with E-state index in [9.17, 15) is 30.0 Å². The van der Waals surface area contributed by atoms with Crippen LogP contribution in [0, 0.1) is 0 Å². The van der Waals surface area contributed by atoms with Crippen LogP contribution in [0.2, 0.25) is 0 Å². The fourth-order valence-corrected chi connectivity index (χ4v) is 6.14. The van der Waals surface area contributed by atoms with Gasteiger partial charge in [0.2, 0.25) is 16.5 Å². The highest BCUT2D eigenvalue weighted by Gasteiger charge is 2.51. The van der Waals surface area contributed by atoms with Crippen molar-refractivity contribution >= 4 is 35.1 Å². The van der Waals surface area contributed by atoms with Gasteiger partial charge in [-0.2, -0.15) is 0 Å². The van der Waals surface area contributed by atoms with Gasteiger partial charge in [-0.3, -0.25) is 9.59 Å². The molecule has 0 amide bonds. The fraction of sp³-hybridized carbons (Fsp3) is 0.188. The first-order chi connectivity index (χ1) is 19.3. The van der Waals surface area contributed by atoms with Crippen molar-refractivity contribution in [3.05, 3.63) is 126 Å². The second kappa shape index (κ2) is 13.9. The van der Waals surface area contributed by atoms with Crippen LogP contribution in [0.25, 0.3) is 0 Å². The van der Waals surface area contributed by atoms with Crippen molar-refractivity contribution in [2.45, 2.75) is 50.8 Å². The van der Waals surface area contributed by atoms with E-state index in [-0.39, 0.29) is 12.8 Å².